The first-order chi connectivity index (χ1) is 8.63. The highest BCUT2D eigenvalue weighted by atomic mass is 79.9. The fourth-order valence-electron chi connectivity index (χ4n) is 2.01. The zero-order chi connectivity index (χ0) is 13.1. The molecule has 0 unspecified atom stereocenters. The molecule has 0 radical (unpaired) electrons. The Morgan fingerprint density at radius 1 is 1.61 bits per heavy atom. The SMILES string of the molecule is CSCCCN(C)C(=O)c1cc(Br)cn1C1CC1. The van der Waals surface area contributed by atoms with Gasteiger partial charge in [0.2, 0.25) is 0 Å². The summed E-state index contributed by atoms with van der Waals surface area (Å²) in [6.45, 7) is 0.827. The van der Waals surface area contributed by atoms with Gasteiger partial charge in [0.1, 0.15) is 5.69 Å². The quantitative estimate of drug-likeness (QED) is 0.747. The lowest BCUT2D eigenvalue weighted by atomic mass is 10.3. The van der Waals surface area contributed by atoms with E-state index in [9.17, 15) is 4.79 Å². The highest BCUT2D eigenvalue weighted by Crippen LogP contribution is 2.37. The largest absolute Gasteiger partial charge is 0.340 e. The molecular formula is C13H19BrN2OS. The Balaban J connectivity index is 2.03. The summed E-state index contributed by atoms with van der Waals surface area (Å²) in [6.07, 6.45) is 7.56. The first-order valence-electron chi connectivity index (χ1n) is 6.25. The third kappa shape index (κ3) is 3.32. The van der Waals surface area contributed by atoms with Gasteiger partial charge in [0.25, 0.3) is 5.91 Å². The van der Waals surface area contributed by atoms with Gasteiger partial charge in [0.15, 0.2) is 0 Å². The Bertz CT molecular complexity index is 429. The van der Waals surface area contributed by atoms with E-state index in [4.69, 9.17) is 0 Å². The summed E-state index contributed by atoms with van der Waals surface area (Å²) in [6, 6.07) is 2.47. The van der Waals surface area contributed by atoms with Gasteiger partial charge in [-0.05, 0) is 53.3 Å². The van der Waals surface area contributed by atoms with Gasteiger partial charge in [-0.15, -0.1) is 0 Å². The number of thioether (sulfide) groups is 1. The molecule has 0 saturated heterocycles. The number of halogens is 1. The van der Waals surface area contributed by atoms with Gasteiger partial charge in [-0.25, -0.2) is 0 Å². The summed E-state index contributed by atoms with van der Waals surface area (Å²) < 4.78 is 3.12. The second kappa shape index (κ2) is 6.15. The van der Waals surface area contributed by atoms with Crippen molar-refractivity contribution in [3.8, 4) is 0 Å². The van der Waals surface area contributed by atoms with Crippen LogP contribution in [-0.4, -0.2) is 41.0 Å². The average Bonchev–Trinajstić information content (AvgIpc) is 3.12. The molecular weight excluding hydrogens is 312 g/mol. The maximum absolute atomic E-state index is 12.4. The minimum Gasteiger partial charge on any atom is -0.340 e. The molecule has 1 aromatic heterocycles. The first-order valence-corrected chi connectivity index (χ1v) is 8.44. The maximum atomic E-state index is 12.4. The van der Waals surface area contributed by atoms with Crippen molar-refractivity contribution in [3.05, 3.63) is 22.4 Å². The standard InChI is InChI=1S/C13H19BrN2OS/c1-15(6-3-7-18-2)13(17)12-8-10(14)9-16(12)11-4-5-11/h8-9,11H,3-7H2,1-2H3. The summed E-state index contributed by atoms with van der Waals surface area (Å²) in [5.41, 5.74) is 0.816. The van der Waals surface area contributed by atoms with Crippen molar-refractivity contribution in [2.75, 3.05) is 25.6 Å². The topological polar surface area (TPSA) is 25.2 Å². The number of hydrogen-bond donors (Lipinski definition) is 0. The van der Waals surface area contributed by atoms with Gasteiger partial charge in [-0.1, -0.05) is 0 Å². The fourth-order valence-corrected chi connectivity index (χ4v) is 2.87. The monoisotopic (exact) mass is 330 g/mol. The highest BCUT2D eigenvalue weighted by Gasteiger charge is 2.28. The number of carbonyl (C=O) groups excluding carboxylic acids is 1. The number of rotatable bonds is 6. The third-order valence-corrected chi connectivity index (χ3v) is 4.29. The van der Waals surface area contributed by atoms with Crippen molar-refractivity contribution < 1.29 is 4.79 Å². The molecule has 1 fully saturated rings. The van der Waals surface area contributed by atoms with E-state index in [1.807, 2.05) is 36.0 Å². The summed E-state index contributed by atoms with van der Waals surface area (Å²) >= 11 is 5.29. The number of nitrogens with zero attached hydrogens (tertiary/aromatic N) is 2. The fraction of sp³-hybridized carbons (Fsp3) is 0.615. The zero-order valence-electron chi connectivity index (χ0n) is 10.9. The summed E-state index contributed by atoms with van der Waals surface area (Å²) in [4.78, 5) is 14.2. The molecule has 1 aliphatic rings. The van der Waals surface area contributed by atoms with Gasteiger partial charge in [0, 0.05) is 30.3 Å². The molecule has 2 rings (SSSR count). The second-order valence-electron chi connectivity index (χ2n) is 4.76. The molecule has 1 heterocycles. The van der Waals surface area contributed by atoms with Crippen molar-refractivity contribution in [1.29, 1.82) is 0 Å². The molecule has 0 N–H and O–H groups in total. The molecule has 18 heavy (non-hydrogen) atoms. The van der Waals surface area contributed by atoms with Gasteiger partial charge < -0.3 is 9.47 Å². The molecule has 1 aliphatic carbocycles. The molecule has 0 spiro atoms. The van der Waals surface area contributed by atoms with E-state index in [-0.39, 0.29) is 5.91 Å². The lowest BCUT2D eigenvalue weighted by molar-refractivity contribution is 0.0784. The minimum atomic E-state index is 0.133. The second-order valence-corrected chi connectivity index (χ2v) is 6.66. The molecule has 100 valence electrons. The molecule has 0 aliphatic heterocycles. The Morgan fingerprint density at radius 3 is 2.94 bits per heavy atom. The lowest BCUT2D eigenvalue weighted by Crippen LogP contribution is -2.29. The van der Waals surface area contributed by atoms with E-state index in [0.717, 1.165) is 28.9 Å². The predicted octanol–water partition coefficient (Wildman–Crippen LogP) is 3.41. The Labute approximate surface area is 121 Å². The van der Waals surface area contributed by atoms with Crippen LogP contribution >= 0.6 is 27.7 Å². The van der Waals surface area contributed by atoms with E-state index in [1.54, 1.807) is 0 Å². The third-order valence-electron chi connectivity index (χ3n) is 3.16. The van der Waals surface area contributed by atoms with Crippen LogP contribution in [0.5, 0.6) is 0 Å². The number of amides is 1. The Morgan fingerprint density at radius 2 is 2.33 bits per heavy atom. The van der Waals surface area contributed by atoms with Gasteiger partial charge >= 0.3 is 0 Å². The van der Waals surface area contributed by atoms with Crippen molar-refractivity contribution in [2.45, 2.75) is 25.3 Å². The molecule has 1 aromatic rings. The summed E-state index contributed by atoms with van der Waals surface area (Å²) in [5, 5.41) is 0. The van der Waals surface area contributed by atoms with Crippen LogP contribution in [0, 0.1) is 0 Å². The molecule has 0 atom stereocenters. The molecule has 3 nitrogen and oxygen atoms in total. The van der Waals surface area contributed by atoms with Crippen LogP contribution in [0.4, 0.5) is 0 Å². The van der Waals surface area contributed by atoms with Crippen LogP contribution in [0.15, 0.2) is 16.7 Å². The Hall–Kier alpha value is -0.420. The van der Waals surface area contributed by atoms with E-state index in [2.05, 4.69) is 26.8 Å². The van der Waals surface area contributed by atoms with Gasteiger partial charge in [-0.2, -0.15) is 11.8 Å². The average molecular weight is 331 g/mol. The van der Waals surface area contributed by atoms with Gasteiger partial charge in [0.05, 0.1) is 0 Å². The molecule has 1 amide bonds. The van der Waals surface area contributed by atoms with Crippen LogP contribution in [0.25, 0.3) is 0 Å². The van der Waals surface area contributed by atoms with Crippen LogP contribution in [0.1, 0.15) is 35.8 Å². The molecule has 1 saturated carbocycles. The van der Waals surface area contributed by atoms with Gasteiger partial charge in [-0.3, -0.25) is 4.79 Å². The van der Waals surface area contributed by atoms with E-state index in [0.29, 0.717) is 6.04 Å². The first kappa shape index (κ1) is 14.0. The maximum Gasteiger partial charge on any atom is 0.270 e. The van der Waals surface area contributed by atoms with Crippen LogP contribution in [-0.2, 0) is 0 Å². The normalized spacial score (nSPS) is 14.8. The van der Waals surface area contributed by atoms with Crippen molar-refractivity contribution in [3.63, 3.8) is 0 Å². The van der Waals surface area contributed by atoms with Crippen molar-refractivity contribution in [2.24, 2.45) is 0 Å². The number of aromatic nitrogens is 1. The summed E-state index contributed by atoms with van der Waals surface area (Å²) in [5.74, 6) is 1.24. The predicted molar refractivity (Wildman–Crippen MR) is 80.4 cm³/mol. The van der Waals surface area contributed by atoms with Crippen LogP contribution in [0.2, 0.25) is 0 Å². The van der Waals surface area contributed by atoms with Crippen LogP contribution in [0.3, 0.4) is 0 Å². The zero-order valence-corrected chi connectivity index (χ0v) is 13.3. The molecule has 5 heteroatoms. The van der Waals surface area contributed by atoms with E-state index >= 15 is 0 Å². The van der Waals surface area contributed by atoms with Crippen LogP contribution < -0.4 is 0 Å². The van der Waals surface area contributed by atoms with Crippen molar-refractivity contribution in [1.82, 2.24) is 9.47 Å². The molecule has 0 bridgehead atoms. The van der Waals surface area contributed by atoms with E-state index in [1.165, 1.54) is 12.8 Å². The minimum absolute atomic E-state index is 0.133. The Kier molecular flexibility index (Phi) is 4.78. The number of hydrogen-bond acceptors (Lipinski definition) is 2. The van der Waals surface area contributed by atoms with Crippen molar-refractivity contribution >= 4 is 33.6 Å². The molecule has 0 aromatic carbocycles. The highest BCUT2D eigenvalue weighted by molar-refractivity contribution is 9.10. The smallest absolute Gasteiger partial charge is 0.270 e. The summed E-state index contributed by atoms with van der Waals surface area (Å²) in [7, 11) is 1.89. The lowest BCUT2D eigenvalue weighted by Gasteiger charge is -2.18. The number of carbonyl (C=O) groups is 1. The van der Waals surface area contributed by atoms with E-state index < -0.39 is 0 Å².